The third-order valence-electron chi connectivity index (χ3n) is 9.49. The molecule has 1 unspecified atom stereocenters. The van der Waals surface area contributed by atoms with Crippen molar-refractivity contribution in [2.75, 3.05) is 52.9 Å². The van der Waals surface area contributed by atoms with Crippen LogP contribution in [0, 0.1) is 42.4 Å². The van der Waals surface area contributed by atoms with E-state index in [9.17, 15) is 4.79 Å². The minimum atomic E-state index is -0.292. The molecule has 0 amide bonds. The Bertz CT molecular complexity index is 812. The van der Waals surface area contributed by atoms with Crippen LogP contribution in [0.1, 0.15) is 122 Å². The highest BCUT2D eigenvalue weighted by Gasteiger charge is 2.19. The molecule has 2 rings (SSSR count). The fraction of sp³-hybridized carbons (Fsp3) is 0.825. The number of carbonyl (C=O) groups is 1. The van der Waals surface area contributed by atoms with Crippen LogP contribution in [0.2, 0.25) is 0 Å². The molecule has 1 aromatic rings. The molecule has 0 aliphatic heterocycles. The SMILES string of the molecule is CC(=O)OCCCC(CO)CO.CC1CCC(CCC(CO)CO)CC1.CCC(CO)CCc1ccc(C)cc1.CCCCC(CO)CO. The maximum atomic E-state index is 10.3. The maximum Gasteiger partial charge on any atom is 0.302 e. The van der Waals surface area contributed by atoms with E-state index in [4.69, 9.17) is 35.7 Å². The van der Waals surface area contributed by atoms with Crippen molar-refractivity contribution >= 4 is 5.97 Å². The van der Waals surface area contributed by atoms with Gasteiger partial charge in [-0.2, -0.15) is 0 Å². The summed E-state index contributed by atoms with van der Waals surface area (Å²) in [6.45, 7) is 11.2. The molecule has 7 N–H and O–H groups in total. The first-order valence-corrected chi connectivity index (χ1v) is 19.0. The van der Waals surface area contributed by atoms with Gasteiger partial charge in [-0.25, -0.2) is 0 Å². The molecule has 1 aromatic carbocycles. The lowest BCUT2D eigenvalue weighted by atomic mass is 9.80. The van der Waals surface area contributed by atoms with E-state index in [-0.39, 0.29) is 63.4 Å². The van der Waals surface area contributed by atoms with Gasteiger partial charge in [0, 0.05) is 70.9 Å². The van der Waals surface area contributed by atoms with E-state index < -0.39 is 0 Å². The van der Waals surface area contributed by atoms with Crippen LogP contribution in [-0.2, 0) is 16.0 Å². The second kappa shape index (κ2) is 34.8. The van der Waals surface area contributed by atoms with Crippen LogP contribution >= 0.6 is 0 Å². The molecule has 1 atom stereocenters. The summed E-state index contributed by atoms with van der Waals surface area (Å²) in [5.74, 6) is 2.10. The van der Waals surface area contributed by atoms with Crippen molar-refractivity contribution in [2.45, 2.75) is 125 Å². The number of benzene rings is 1. The van der Waals surface area contributed by atoms with Crippen LogP contribution < -0.4 is 0 Å². The summed E-state index contributed by atoms with van der Waals surface area (Å²) in [6.07, 6.45) is 15.4. The van der Waals surface area contributed by atoms with Crippen LogP contribution in [0.15, 0.2) is 24.3 Å². The van der Waals surface area contributed by atoms with Crippen LogP contribution in [0.25, 0.3) is 0 Å². The predicted octanol–water partition coefficient (Wildman–Crippen LogP) is 5.85. The molecule has 1 aliphatic carbocycles. The number of hydrogen-bond acceptors (Lipinski definition) is 9. The number of unbranched alkanes of at least 4 members (excludes halogenated alkanes) is 1. The van der Waals surface area contributed by atoms with E-state index in [2.05, 4.69) is 56.7 Å². The zero-order valence-electron chi connectivity index (χ0n) is 31.8. The molecule has 0 saturated heterocycles. The monoisotopic (exact) mass is 701 g/mol. The standard InChI is InChI=1S/C13H20O.C12H24O2.C8H16O4.C7H16O2/c1-3-12(10-14)8-9-13-6-4-11(2)5-7-13;1-10-2-4-11(5-3-10)6-7-12(8-13)9-14;1-7(11)12-4-2-3-8(5-9)6-10;1-2-3-4-7(5-8)6-9/h4-7,12,14H,3,8-10H2,1-2H3;10-14H,2-9H2,1H3;8-10H,2-6H2,1H3;7-9H,2-6H2,1H3. The number of aliphatic hydroxyl groups is 7. The summed E-state index contributed by atoms with van der Waals surface area (Å²) < 4.78 is 4.68. The fourth-order valence-electron chi connectivity index (χ4n) is 5.44. The Kier molecular flexibility index (Phi) is 35.2. The highest BCUT2D eigenvalue weighted by molar-refractivity contribution is 5.65. The highest BCUT2D eigenvalue weighted by atomic mass is 16.5. The lowest BCUT2D eigenvalue weighted by molar-refractivity contribution is -0.141. The van der Waals surface area contributed by atoms with Gasteiger partial charge >= 0.3 is 5.97 Å². The van der Waals surface area contributed by atoms with Crippen LogP contribution in [0.3, 0.4) is 0 Å². The number of aryl methyl sites for hydroxylation is 2. The van der Waals surface area contributed by atoms with Gasteiger partial charge in [0.05, 0.1) is 6.61 Å². The Morgan fingerprint density at radius 2 is 1.16 bits per heavy atom. The summed E-state index contributed by atoms with van der Waals surface area (Å²) >= 11 is 0. The quantitative estimate of drug-likeness (QED) is 0.0615. The Morgan fingerprint density at radius 1 is 0.694 bits per heavy atom. The Labute approximate surface area is 299 Å². The Hall–Kier alpha value is -1.59. The first kappa shape index (κ1) is 49.5. The largest absolute Gasteiger partial charge is 0.466 e. The van der Waals surface area contributed by atoms with Gasteiger partial charge in [-0.05, 0) is 68.8 Å². The second-order valence-corrected chi connectivity index (χ2v) is 14.0. The topological polar surface area (TPSA) is 168 Å². The zero-order chi connectivity index (χ0) is 37.3. The molecule has 9 nitrogen and oxygen atoms in total. The first-order chi connectivity index (χ1) is 23.6. The summed E-state index contributed by atoms with van der Waals surface area (Å²) in [4.78, 5) is 10.3. The van der Waals surface area contributed by atoms with Gasteiger partial charge in [0.25, 0.3) is 0 Å². The third kappa shape index (κ3) is 29.8. The maximum absolute atomic E-state index is 10.3. The second-order valence-electron chi connectivity index (χ2n) is 14.0. The van der Waals surface area contributed by atoms with E-state index in [0.717, 1.165) is 56.8 Å². The number of ether oxygens (including phenoxy) is 1. The molecular formula is C40H76O9. The van der Waals surface area contributed by atoms with Gasteiger partial charge in [0.2, 0.25) is 0 Å². The average molecular weight is 701 g/mol. The number of rotatable bonds is 21. The number of carbonyl (C=O) groups excluding carboxylic acids is 1. The molecule has 290 valence electrons. The fourth-order valence-corrected chi connectivity index (χ4v) is 5.44. The van der Waals surface area contributed by atoms with Crippen molar-refractivity contribution in [1.82, 2.24) is 0 Å². The molecule has 1 fully saturated rings. The summed E-state index contributed by atoms with van der Waals surface area (Å²) in [5, 5.41) is 61.4. The van der Waals surface area contributed by atoms with E-state index in [1.54, 1.807) is 0 Å². The minimum Gasteiger partial charge on any atom is -0.466 e. The lowest BCUT2D eigenvalue weighted by Crippen LogP contribution is -2.16. The van der Waals surface area contributed by atoms with E-state index in [1.165, 1.54) is 50.2 Å². The van der Waals surface area contributed by atoms with Crippen molar-refractivity contribution in [1.29, 1.82) is 0 Å². The first-order valence-electron chi connectivity index (χ1n) is 19.0. The third-order valence-corrected chi connectivity index (χ3v) is 9.49. The van der Waals surface area contributed by atoms with Gasteiger partial charge in [-0.3, -0.25) is 4.79 Å². The molecule has 9 heteroatoms. The van der Waals surface area contributed by atoms with Crippen molar-refractivity contribution in [2.24, 2.45) is 35.5 Å². The molecule has 0 spiro atoms. The molecule has 1 saturated carbocycles. The zero-order valence-corrected chi connectivity index (χ0v) is 31.8. The summed E-state index contributed by atoms with van der Waals surface area (Å²) in [5.41, 5.74) is 2.69. The lowest BCUT2D eigenvalue weighted by Gasteiger charge is -2.26. The highest BCUT2D eigenvalue weighted by Crippen LogP contribution is 2.31. The predicted molar refractivity (Wildman–Crippen MR) is 199 cm³/mol. The van der Waals surface area contributed by atoms with Crippen molar-refractivity contribution in [3.8, 4) is 0 Å². The number of hydrogen-bond donors (Lipinski definition) is 7. The minimum absolute atomic E-state index is 0.0173. The van der Waals surface area contributed by atoms with E-state index in [1.807, 2.05) is 0 Å². The van der Waals surface area contributed by atoms with Crippen molar-refractivity contribution in [3.63, 3.8) is 0 Å². The molecule has 49 heavy (non-hydrogen) atoms. The van der Waals surface area contributed by atoms with Gasteiger partial charge in [0.15, 0.2) is 0 Å². The number of aliphatic hydroxyl groups excluding tert-OH is 7. The molecule has 0 bridgehead atoms. The molecule has 0 aromatic heterocycles. The Balaban J connectivity index is 0. The van der Waals surface area contributed by atoms with E-state index >= 15 is 0 Å². The van der Waals surface area contributed by atoms with Gasteiger partial charge in [0.1, 0.15) is 0 Å². The van der Waals surface area contributed by atoms with Crippen LogP contribution in [-0.4, -0.2) is 94.6 Å². The molecular weight excluding hydrogens is 624 g/mol. The van der Waals surface area contributed by atoms with Crippen LogP contribution in [0.4, 0.5) is 0 Å². The van der Waals surface area contributed by atoms with Crippen molar-refractivity contribution < 1.29 is 45.3 Å². The Morgan fingerprint density at radius 3 is 1.59 bits per heavy atom. The van der Waals surface area contributed by atoms with Gasteiger partial charge < -0.3 is 40.5 Å². The van der Waals surface area contributed by atoms with Gasteiger partial charge in [-0.1, -0.05) is 102 Å². The smallest absolute Gasteiger partial charge is 0.302 e. The van der Waals surface area contributed by atoms with Crippen molar-refractivity contribution in [3.05, 3.63) is 35.4 Å². The van der Waals surface area contributed by atoms with E-state index in [0.29, 0.717) is 32.0 Å². The molecule has 0 radical (unpaired) electrons. The summed E-state index contributed by atoms with van der Waals surface area (Å²) in [6, 6.07) is 8.66. The normalized spacial score (nSPS) is 16.2. The van der Waals surface area contributed by atoms with Gasteiger partial charge in [-0.15, -0.1) is 0 Å². The average Bonchev–Trinajstić information content (AvgIpc) is 3.12. The number of esters is 1. The molecule has 0 heterocycles. The van der Waals surface area contributed by atoms with Crippen LogP contribution in [0.5, 0.6) is 0 Å². The summed E-state index contributed by atoms with van der Waals surface area (Å²) in [7, 11) is 0. The molecule has 1 aliphatic rings.